The number of thiophene rings is 1. The van der Waals surface area contributed by atoms with Crippen LogP contribution in [0.5, 0.6) is 0 Å². The Morgan fingerprint density at radius 2 is 2.29 bits per heavy atom. The van der Waals surface area contributed by atoms with E-state index in [1.165, 1.54) is 4.88 Å². The van der Waals surface area contributed by atoms with Crippen LogP contribution < -0.4 is 5.32 Å². The third-order valence-electron chi connectivity index (χ3n) is 2.22. The molecule has 0 saturated carbocycles. The van der Waals surface area contributed by atoms with Gasteiger partial charge in [-0.15, -0.1) is 11.3 Å². The average molecular weight is 278 g/mol. The van der Waals surface area contributed by atoms with Gasteiger partial charge in [0.1, 0.15) is 0 Å². The normalized spacial score (nSPS) is 15.4. The van der Waals surface area contributed by atoms with Gasteiger partial charge in [-0.2, -0.15) is 0 Å². The zero-order valence-electron chi connectivity index (χ0n) is 8.46. The van der Waals surface area contributed by atoms with Crippen LogP contribution in [0.15, 0.2) is 15.9 Å². The number of aliphatic hydroxyl groups excluding tert-OH is 1. The first kappa shape index (κ1) is 12.2. The van der Waals surface area contributed by atoms with Crippen LogP contribution in [0, 0.1) is 0 Å². The van der Waals surface area contributed by atoms with Crippen molar-refractivity contribution in [3.8, 4) is 0 Å². The molecule has 0 fully saturated rings. The molecule has 0 aromatic carbocycles. The molecule has 14 heavy (non-hydrogen) atoms. The quantitative estimate of drug-likeness (QED) is 0.868. The summed E-state index contributed by atoms with van der Waals surface area (Å²) in [6.07, 6.45) is 1.07. The van der Waals surface area contributed by atoms with Crippen molar-refractivity contribution >= 4 is 27.3 Å². The molecule has 4 heteroatoms. The minimum absolute atomic E-state index is 0.0706. The van der Waals surface area contributed by atoms with Gasteiger partial charge in [0.25, 0.3) is 0 Å². The standard InChI is InChI=1S/C10H16BrNOS/c1-3-7(2)12-8(6-13)9-4-5-10(11)14-9/h4-5,7-8,12-13H,3,6H2,1-2H3. The molecule has 2 nitrogen and oxygen atoms in total. The van der Waals surface area contributed by atoms with Gasteiger partial charge >= 0.3 is 0 Å². The highest BCUT2D eigenvalue weighted by Crippen LogP contribution is 2.27. The molecule has 0 spiro atoms. The van der Waals surface area contributed by atoms with Crippen LogP contribution in [-0.4, -0.2) is 17.8 Å². The molecule has 0 aliphatic rings. The Hall–Kier alpha value is 0.1000. The van der Waals surface area contributed by atoms with Gasteiger partial charge in [0.2, 0.25) is 0 Å². The largest absolute Gasteiger partial charge is 0.394 e. The molecule has 80 valence electrons. The lowest BCUT2D eigenvalue weighted by Crippen LogP contribution is -2.31. The molecule has 0 bridgehead atoms. The number of rotatable bonds is 5. The monoisotopic (exact) mass is 277 g/mol. The fraction of sp³-hybridized carbons (Fsp3) is 0.600. The molecule has 2 unspecified atom stereocenters. The molecule has 1 rings (SSSR count). The Morgan fingerprint density at radius 3 is 2.71 bits per heavy atom. The minimum atomic E-state index is 0.0706. The number of aliphatic hydroxyl groups is 1. The van der Waals surface area contributed by atoms with E-state index in [1.54, 1.807) is 11.3 Å². The number of nitrogens with one attached hydrogen (secondary N) is 1. The van der Waals surface area contributed by atoms with Crippen molar-refractivity contribution in [1.82, 2.24) is 5.32 Å². The molecule has 0 saturated heterocycles. The SMILES string of the molecule is CCC(C)NC(CO)c1ccc(Br)s1. The average Bonchev–Trinajstić information content (AvgIpc) is 2.60. The molecule has 2 atom stereocenters. The van der Waals surface area contributed by atoms with E-state index in [0.717, 1.165) is 10.2 Å². The Kier molecular flexibility index (Phi) is 5.09. The van der Waals surface area contributed by atoms with Crippen molar-refractivity contribution < 1.29 is 5.11 Å². The van der Waals surface area contributed by atoms with Crippen molar-refractivity contribution in [3.05, 3.63) is 20.8 Å². The maximum absolute atomic E-state index is 9.26. The number of hydrogen-bond donors (Lipinski definition) is 2. The van der Waals surface area contributed by atoms with Crippen LogP contribution in [0.25, 0.3) is 0 Å². The van der Waals surface area contributed by atoms with Crippen LogP contribution in [-0.2, 0) is 0 Å². The Morgan fingerprint density at radius 1 is 1.57 bits per heavy atom. The van der Waals surface area contributed by atoms with E-state index in [-0.39, 0.29) is 12.6 Å². The smallest absolute Gasteiger partial charge is 0.0702 e. The summed E-state index contributed by atoms with van der Waals surface area (Å²) in [5, 5.41) is 12.6. The zero-order chi connectivity index (χ0) is 10.6. The first-order valence-electron chi connectivity index (χ1n) is 4.79. The Balaban J connectivity index is 2.62. The minimum Gasteiger partial charge on any atom is -0.394 e. The number of halogens is 1. The van der Waals surface area contributed by atoms with Gasteiger partial charge < -0.3 is 10.4 Å². The predicted molar refractivity (Wildman–Crippen MR) is 64.7 cm³/mol. The second kappa shape index (κ2) is 5.85. The summed E-state index contributed by atoms with van der Waals surface area (Å²) in [4.78, 5) is 1.18. The topological polar surface area (TPSA) is 32.3 Å². The van der Waals surface area contributed by atoms with Gasteiger partial charge in [0.15, 0.2) is 0 Å². The summed E-state index contributed by atoms with van der Waals surface area (Å²) in [5.41, 5.74) is 0. The maximum atomic E-state index is 9.26. The van der Waals surface area contributed by atoms with Crippen molar-refractivity contribution in [2.75, 3.05) is 6.61 Å². The van der Waals surface area contributed by atoms with Gasteiger partial charge in [-0.25, -0.2) is 0 Å². The Labute approximate surface area is 97.5 Å². The first-order chi connectivity index (χ1) is 6.67. The molecule has 2 N–H and O–H groups in total. The third kappa shape index (κ3) is 3.35. The number of hydrogen-bond acceptors (Lipinski definition) is 3. The molecule has 0 aliphatic carbocycles. The summed E-state index contributed by atoms with van der Waals surface area (Å²) >= 11 is 5.09. The van der Waals surface area contributed by atoms with Gasteiger partial charge in [-0.05, 0) is 41.4 Å². The molecule has 1 heterocycles. The van der Waals surface area contributed by atoms with Gasteiger partial charge in [-0.3, -0.25) is 0 Å². The van der Waals surface area contributed by atoms with Crippen molar-refractivity contribution in [3.63, 3.8) is 0 Å². The second-order valence-corrected chi connectivity index (χ2v) is 5.85. The lowest BCUT2D eigenvalue weighted by Gasteiger charge is -2.19. The van der Waals surface area contributed by atoms with Gasteiger partial charge in [0.05, 0.1) is 16.4 Å². The van der Waals surface area contributed by atoms with Crippen molar-refractivity contribution in [1.29, 1.82) is 0 Å². The van der Waals surface area contributed by atoms with E-state index in [9.17, 15) is 5.11 Å². The predicted octanol–water partition coefficient (Wildman–Crippen LogP) is 2.93. The van der Waals surface area contributed by atoms with Crippen molar-refractivity contribution in [2.45, 2.75) is 32.4 Å². The van der Waals surface area contributed by atoms with E-state index in [4.69, 9.17) is 0 Å². The summed E-state index contributed by atoms with van der Waals surface area (Å²) < 4.78 is 1.11. The maximum Gasteiger partial charge on any atom is 0.0702 e. The third-order valence-corrected chi connectivity index (χ3v) is 3.96. The molecule has 0 amide bonds. The molecule has 1 aromatic rings. The fourth-order valence-electron chi connectivity index (χ4n) is 1.20. The summed E-state index contributed by atoms with van der Waals surface area (Å²) in [5.74, 6) is 0. The molecule has 1 aromatic heterocycles. The summed E-state index contributed by atoms with van der Waals surface area (Å²) in [6, 6.07) is 4.57. The fourth-order valence-corrected chi connectivity index (χ4v) is 2.68. The lowest BCUT2D eigenvalue weighted by molar-refractivity contribution is 0.236. The van der Waals surface area contributed by atoms with Crippen LogP contribution in [0.4, 0.5) is 0 Å². The molecule has 0 radical (unpaired) electrons. The first-order valence-corrected chi connectivity index (χ1v) is 6.40. The molecular formula is C10H16BrNOS. The lowest BCUT2D eigenvalue weighted by atomic mass is 10.2. The van der Waals surface area contributed by atoms with Crippen LogP contribution >= 0.6 is 27.3 Å². The van der Waals surface area contributed by atoms with Crippen LogP contribution in [0.1, 0.15) is 31.2 Å². The zero-order valence-corrected chi connectivity index (χ0v) is 10.9. The van der Waals surface area contributed by atoms with Gasteiger partial charge in [-0.1, -0.05) is 6.92 Å². The highest BCUT2D eigenvalue weighted by Gasteiger charge is 2.13. The van der Waals surface area contributed by atoms with E-state index >= 15 is 0 Å². The summed E-state index contributed by atoms with van der Waals surface area (Å²) in [6.45, 7) is 4.42. The Bertz CT molecular complexity index is 277. The molecule has 0 aliphatic heterocycles. The van der Waals surface area contributed by atoms with Crippen LogP contribution in [0.3, 0.4) is 0 Å². The van der Waals surface area contributed by atoms with E-state index in [0.29, 0.717) is 6.04 Å². The second-order valence-electron chi connectivity index (χ2n) is 3.35. The molecular weight excluding hydrogens is 262 g/mol. The highest BCUT2D eigenvalue weighted by molar-refractivity contribution is 9.11. The van der Waals surface area contributed by atoms with E-state index in [2.05, 4.69) is 35.1 Å². The highest BCUT2D eigenvalue weighted by atomic mass is 79.9. The van der Waals surface area contributed by atoms with E-state index in [1.807, 2.05) is 12.1 Å². The summed E-state index contributed by atoms with van der Waals surface area (Å²) in [7, 11) is 0. The van der Waals surface area contributed by atoms with Crippen molar-refractivity contribution in [2.24, 2.45) is 0 Å². The van der Waals surface area contributed by atoms with E-state index < -0.39 is 0 Å². The van der Waals surface area contributed by atoms with Crippen LogP contribution in [0.2, 0.25) is 0 Å². The van der Waals surface area contributed by atoms with Gasteiger partial charge in [0, 0.05) is 10.9 Å².